The van der Waals surface area contributed by atoms with Gasteiger partial charge in [0.25, 0.3) is 5.91 Å². The summed E-state index contributed by atoms with van der Waals surface area (Å²) in [5.74, 6) is -0.980. The van der Waals surface area contributed by atoms with Gasteiger partial charge >= 0.3 is 5.97 Å². The third-order valence-electron chi connectivity index (χ3n) is 6.52. The van der Waals surface area contributed by atoms with Crippen LogP contribution in [0.2, 0.25) is 0 Å². The van der Waals surface area contributed by atoms with Crippen LogP contribution >= 0.6 is 0 Å². The van der Waals surface area contributed by atoms with E-state index in [2.05, 4.69) is 25.9 Å². The van der Waals surface area contributed by atoms with Crippen molar-refractivity contribution in [1.82, 2.24) is 20.6 Å². The van der Waals surface area contributed by atoms with Gasteiger partial charge in [-0.25, -0.2) is 4.98 Å². The maximum atomic E-state index is 12.6. The molecule has 4 rings (SSSR count). The number of aldehydes is 1. The normalized spacial score (nSPS) is 17.9. The molecule has 1 saturated carbocycles. The zero-order valence-electron chi connectivity index (χ0n) is 20.2. The first-order valence-corrected chi connectivity index (χ1v) is 12.3. The predicted molar refractivity (Wildman–Crippen MR) is 137 cm³/mol. The summed E-state index contributed by atoms with van der Waals surface area (Å²) in [6.07, 6.45) is 4.47. The second kappa shape index (κ2) is 12.1. The van der Waals surface area contributed by atoms with E-state index in [1.54, 1.807) is 18.3 Å². The van der Waals surface area contributed by atoms with Crippen LogP contribution in [0, 0.1) is 11.8 Å². The molecule has 1 atom stereocenters. The lowest BCUT2D eigenvalue weighted by molar-refractivity contribution is -0.139. The van der Waals surface area contributed by atoms with Crippen LogP contribution in [0.3, 0.4) is 0 Å². The number of fused-ring (bicyclic) bond motifs is 1. The fourth-order valence-electron chi connectivity index (χ4n) is 4.46. The highest BCUT2D eigenvalue weighted by molar-refractivity contribution is 5.94. The molecule has 0 aliphatic heterocycles. The van der Waals surface area contributed by atoms with Gasteiger partial charge in [-0.2, -0.15) is 0 Å². The van der Waals surface area contributed by atoms with E-state index in [1.165, 1.54) is 0 Å². The molecule has 10 nitrogen and oxygen atoms in total. The van der Waals surface area contributed by atoms with Gasteiger partial charge in [-0.15, -0.1) is 0 Å². The molecule has 0 radical (unpaired) electrons. The van der Waals surface area contributed by atoms with Crippen molar-refractivity contribution in [3.8, 4) is 0 Å². The summed E-state index contributed by atoms with van der Waals surface area (Å²) >= 11 is 0. The highest BCUT2D eigenvalue weighted by Gasteiger charge is 2.28. The maximum absolute atomic E-state index is 12.6. The van der Waals surface area contributed by atoms with Gasteiger partial charge in [-0.3, -0.25) is 19.4 Å². The summed E-state index contributed by atoms with van der Waals surface area (Å²) in [5, 5.41) is 17.5. The van der Waals surface area contributed by atoms with Crippen LogP contribution in [0.25, 0.3) is 11.0 Å². The number of amides is 2. The number of nitrogens with zero attached hydrogens (tertiary/aromatic N) is 2. The van der Waals surface area contributed by atoms with Gasteiger partial charge in [0.1, 0.15) is 12.1 Å². The van der Waals surface area contributed by atoms with Crippen molar-refractivity contribution in [3.05, 3.63) is 60.3 Å². The van der Waals surface area contributed by atoms with E-state index in [-0.39, 0.29) is 23.7 Å². The first-order valence-electron chi connectivity index (χ1n) is 12.3. The number of carbonyl (C=O) groups excluding carboxylic acids is 3. The van der Waals surface area contributed by atoms with E-state index in [0.717, 1.165) is 29.6 Å². The maximum Gasteiger partial charge on any atom is 0.305 e. The van der Waals surface area contributed by atoms with Crippen LogP contribution in [0.4, 0.5) is 11.5 Å². The average Bonchev–Trinajstić information content (AvgIpc) is 2.91. The zero-order valence-corrected chi connectivity index (χ0v) is 20.2. The predicted octanol–water partition coefficient (Wildman–Crippen LogP) is 3.07. The van der Waals surface area contributed by atoms with Crippen molar-refractivity contribution >= 4 is 46.6 Å². The van der Waals surface area contributed by atoms with Gasteiger partial charge in [0, 0.05) is 23.7 Å². The van der Waals surface area contributed by atoms with E-state index < -0.39 is 18.4 Å². The Kier molecular flexibility index (Phi) is 8.40. The van der Waals surface area contributed by atoms with Gasteiger partial charge < -0.3 is 25.9 Å². The number of benzene rings is 2. The lowest BCUT2D eigenvalue weighted by atomic mass is 9.81. The smallest absolute Gasteiger partial charge is 0.305 e. The van der Waals surface area contributed by atoms with E-state index >= 15 is 0 Å². The van der Waals surface area contributed by atoms with Gasteiger partial charge in [-0.1, -0.05) is 12.1 Å². The van der Waals surface area contributed by atoms with Crippen LogP contribution in [-0.2, 0) is 14.4 Å². The molecule has 10 heteroatoms. The van der Waals surface area contributed by atoms with Crippen LogP contribution < -0.4 is 16.0 Å². The Balaban J connectivity index is 1.21. The first kappa shape index (κ1) is 25.7. The van der Waals surface area contributed by atoms with Gasteiger partial charge in [-0.05, 0) is 68.0 Å². The number of carboxylic acid groups (broad SMARTS) is 1. The first-order chi connectivity index (χ1) is 17.9. The lowest BCUT2D eigenvalue weighted by Crippen LogP contribution is -2.42. The van der Waals surface area contributed by atoms with Crippen molar-refractivity contribution in [2.45, 2.75) is 38.1 Å². The van der Waals surface area contributed by atoms with E-state index in [4.69, 9.17) is 5.11 Å². The second-order valence-corrected chi connectivity index (χ2v) is 9.22. The molecule has 0 bridgehead atoms. The molecule has 1 heterocycles. The third kappa shape index (κ3) is 7.09. The summed E-state index contributed by atoms with van der Waals surface area (Å²) < 4.78 is 0. The highest BCUT2D eigenvalue weighted by atomic mass is 16.4. The molecule has 0 saturated heterocycles. The van der Waals surface area contributed by atoms with Crippen molar-refractivity contribution in [3.63, 3.8) is 0 Å². The average molecular weight is 504 g/mol. The molecule has 2 amide bonds. The summed E-state index contributed by atoms with van der Waals surface area (Å²) in [7, 11) is 0. The van der Waals surface area contributed by atoms with Crippen LogP contribution in [0.15, 0.2) is 54.7 Å². The Morgan fingerprint density at radius 1 is 1.00 bits per heavy atom. The summed E-state index contributed by atoms with van der Waals surface area (Å²) in [6.45, 7) is 0.510. The molecule has 192 valence electrons. The van der Waals surface area contributed by atoms with Gasteiger partial charge in [0.2, 0.25) is 5.91 Å². The molecule has 4 N–H and O–H groups in total. The van der Waals surface area contributed by atoms with Crippen molar-refractivity contribution in [1.29, 1.82) is 0 Å². The Morgan fingerprint density at radius 2 is 1.70 bits per heavy atom. The SMILES string of the molecule is O=C[C@H](CC(=O)O)NC(=O)C1CCC(CNC(=O)c2ccc(Nc3cnc4ccccc4n3)cc2)CC1. The van der Waals surface area contributed by atoms with Crippen LogP contribution in [-0.4, -0.2) is 51.7 Å². The molecule has 1 aromatic heterocycles. The monoisotopic (exact) mass is 503 g/mol. The third-order valence-corrected chi connectivity index (χ3v) is 6.52. The topological polar surface area (TPSA) is 150 Å². The van der Waals surface area contributed by atoms with Gasteiger partial charge in [0.05, 0.1) is 29.7 Å². The standard InChI is InChI=1S/C27H29N5O5/c33-16-21(13-25(34)35)31-27(37)19-7-5-17(6-8-19)14-29-26(36)18-9-11-20(12-10-18)30-24-15-28-22-3-1-2-4-23(22)32-24/h1-4,9-12,15-17,19,21H,5-8,13-14H2,(H,29,36)(H,30,32)(H,31,37)(H,34,35)/t17?,19?,21-/m0/s1. The van der Waals surface area contributed by atoms with Gasteiger partial charge in [0.15, 0.2) is 0 Å². The number of anilines is 2. The number of aliphatic carboxylic acids is 1. The molecule has 0 spiro atoms. The molecule has 37 heavy (non-hydrogen) atoms. The van der Waals surface area contributed by atoms with Crippen molar-refractivity contribution in [2.75, 3.05) is 11.9 Å². The molecule has 1 aliphatic carbocycles. The molecule has 0 unspecified atom stereocenters. The number of hydrogen-bond donors (Lipinski definition) is 4. The number of rotatable bonds is 10. The summed E-state index contributed by atoms with van der Waals surface area (Å²) in [5.41, 5.74) is 2.94. The molecule has 2 aromatic carbocycles. The van der Waals surface area contributed by atoms with Crippen LogP contribution in [0.5, 0.6) is 0 Å². The Hall–Kier alpha value is -4.34. The Labute approximate surface area is 213 Å². The van der Waals surface area contributed by atoms with Crippen molar-refractivity contribution < 1.29 is 24.3 Å². The Bertz CT molecular complexity index is 1270. The molecule has 3 aromatic rings. The Morgan fingerprint density at radius 3 is 2.38 bits per heavy atom. The largest absolute Gasteiger partial charge is 0.481 e. The fraction of sp³-hybridized carbons (Fsp3) is 0.333. The summed E-state index contributed by atoms with van der Waals surface area (Å²) in [4.78, 5) is 55.7. The molecule has 1 fully saturated rings. The van der Waals surface area contributed by atoms with E-state index in [0.29, 0.717) is 37.1 Å². The highest BCUT2D eigenvalue weighted by Crippen LogP contribution is 2.29. The summed E-state index contributed by atoms with van der Waals surface area (Å²) in [6, 6.07) is 13.7. The number of hydrogen-bond acceptors (Lipinski definition) is 7. The zero-order chi connectivity index (χ0) is 26.2. The minimum atomic E-state index is -1.14. The molecular formula is C27H29N5O5. The van der Waals surface area contributed by atoms with Crippen molar-refractivity contribution in [2.24, 2.45) is 11.8 Å². The number of carboxylic acids is 1. The second-order valence-electron chi connectivity index (χ2n) is 9.22. The van der Waals surface area contributed by atoms with Crippen LogP contribution in [0.1, 0.15) is 42.5 Å². The number of carbonyl (C=O) groups is 4. The number of aromatic nitrogens is 2. The number of nitrogens with one attached hydrogen (secondary N) is 3. The van der Waals surface area contributed by atoms with E-state index in [9.17, 15) is 19.2 Å². The van der Waals surface area contributed by atoms with E-state index in [1.807, 2.05) is 36.4 Å². The molecule has 1 aliphatic rings. The number of para-hydroxylation sites is 2. The lowest BCUT2D eigenvalue weighted by Gasteiger charge is -2.28. The minimum Gasteiger partial charge on any atom is -0.481 e. The quantitative estimate of drug-likeness (QED) is 0.308. The fourth-order valence-corrected chi connectivity index (χ4v) is 4.46. The molecular weight excluding hydrogens is 474 g/mol. The minimum absolute atomic E-state index is 0.167.